The molecule has 0 aromatic heterocycles. The van der Waals surface area contributed by atoms with Gasteiger partial charge in [0.05, 0.1) is 19.8 Å². The third-order valence-electron chi connectivity index (χ3n) is 4.87. The number of hydrogen-bond donors (Lipinski definition) is 13. The Morgan fingerprint density at radius 1 is 0.714 bits per heavy atom. The maximum atomic E-state index is 11.0. The zero-order valence-electron chi connectivity index (χ0n) is 18.3. The first-order valence-corrected chi connectivity index (χ1v) is 10.2. The van der Waals surface area contributed by atoms with Gasteiger partial charge in [0.2, 0.25) is 0 Å². The molecule has 0 saturated carbocycles. The number of rotatable bonds is 13. The second-order valence-electron chi connectivity index (χ2n) is 7.47. The van der Waals surface area contributed by atoms with Crippen LogP contribution in [-0.2, 0) is 19.1 Å². The SMILES string of the molecule is O=C(CO)[C@@H](O)[C@H](O)[C@H](O)CO[C@H]1O[C@H](CO)[C@@H](O)[C@H](O)[C@H]1O.O=C(CO)[C@H](O)[C@H](O)[C@H](O)CO. The topological polar surface area (TPSA) is 316 Å². The van der Waals surface area contributed by atoms with Crippen LogP contribution in [-0.4, -0.2) is 178 Å². The van der Waals surface area contributed by atoms with Gasteiger partial charge >= 0.3 is 0 Å². The monoisotopic (exact) mass is 522 g/mol. The average Bonchev–Trinajstić information content (AvgIpc) is 2.88. The summed E-state index contributed by atoms with van der Waals surface area (Å²) >= 11 is 0. The standard InChI is InChI=1S/C12H22O11.C6H12O6/c13-1-4(15)7(17)8(18)5(16)3-22-12-11(21)10(20)9(19)6(2-14)23-12;7-1-3(9)5(11)6(12)4(10)2-8/h5-14,16-21H,1-3H2;3,5-9,11-12H,1-2H2/t5-,6-,7-,8-,9-,10+,11-,12+;3-,5-,6+/m11/s1. The Balaban J connectivity index is 0.000000814. The largest absolute Gasteiger partial charge is 0.394 e. The number of ketones is 2. The van der Waals surface area contributed by atoms with Gasteiger partial charge in [0, 0.05) is 0 Å². The highest BCUT2D eigenvalue weighted by Crippen LogP contribution is 2.22. The van der Waals surface area contributed by atoms with Gasteiger partial charge in [0.15, 0.2) is 17.9 Å². The summed E-state index contributed by atoms with van der Waals surface area (Å²) in [6, 6.07) is 0. The molecule has 0 radical (unpaired) electrons. The summed E-state index contributed by atoms with van der Waals surface area (Å²) in [6.07, 6.45) is -18.7. The van der Waals surface area contributed by atoms with Crippen LogP contribution in [0, 0.1) is 0 Å². The molecule has 0 spiro atoms. The van der Waals surface area contributed by atoms with E-state index in [1.807, 2.05) is 0 Å². The minimum absolute atomic E-state index is 0.667. The first-order valence-electron chi connectivity index (χ1n) is 10.2. The van der Waals surface area contributed by atoms with E-state index in [0.717, 1.165) is 0 Å². The molecule has 0 aromatic carbocycles. The van der Waals surface area contributed by atoms with Crippen molar-refractivity contribution >= 4 is 11.6 Å². The molecule has 17 nitrogen and oxygen atoms in total. The first-order chi connectivity index (χ1) is 16.3. The maximum absolute atomic E-state index is 11.0. The first kappa shape index (κ1) is 33.7. The lowest BCUT2D eigenvalue weighted by atomic mass is 9.99. The fourth-order valence-electron chi connectivity index (χ4n) is 2.59. The predicted octanol–water partition coefficient (Wildman–Crippen LogP) is -8.93. The van der Waals surface area contributed by atoms with Crippen LogP contribution in [0.5, 0.6) is 0 Å². The van der Waals surface area contributed by atoms with Crippen LogP contribution >= 0.6 is 0 Å². The second-order valence-corrected chi connectivity index (χ2v) is 7.47. The van der Waals surface area contributed by atoms with E-state index in [1.165, 1.54) is 0 Å². The van der Waals surface area contributed by atoms with E-state index in [-0.39, 0.29) is 0 Å². The lowest BCUT2D eigenvalue weighted by Gasteiger charge is -2.40. The molecule has 17 heteroatoms. The number of carbonyl (C=O) groups is 2. The van der Waals surface area contributed by atoms with E-state index in [4.69, 9.17) is 45.2 Å². The van der Waals surface area contributed by atoms with Crippen LogP contribution in [0.4, 0.5) is 0 Å². The highest BCUT2D eigenvalue weighted by atomic mass is 16.7. The molecular weight excluding hydrogens is 488 g/mol. The van der Waals surface area contributed by atoms with E-state index in [9.17, 15) is 40.2 Å². The molecule has 11 atom stereocenters. The van der Waals surface area contributed by atoms with Gasteiger partial charge in [-0.25, -0.2) is 0 Å². The Bertz CT molecular complexity index is 618. The van der Waals surface area contributed by atoms with E-state index < -0.39 is 112 Å². The number of carbonyl (C=O) groups excluding carboxylic acids is 2. The van der Waals surface area contributed by atoms with Gasteiger partial charge in [0.1, 0.15) is 74.3 Å². The van der Waals surface area contributed by atoms with Gasteiger partial charge in [0.25, 0.3) is 0 Å². The molecule has 1 rings (SSSR count). The predicted molar refractivity (Wildman–Crippen MR) is 107 cm³/mol. The van der Waals surface area contributed by atoms with Gasteiger partial charge < -0.3 is 75.9 Å². The van der Waals surface area contributed by atoms with E-state index in [0.29, 0.717) is 0 Å². The average molecular weight is 522 g/mol. The second kappa shape index (κ2) is 16.5. The van der Waals surface area contributed by atoms with Crippen molar-refractivity contribution in [1.82, 2.24) is 0 Å². The lowest BCUT2D eigenvalue weighted by Crippen LogP contribution is -2.59. The van der Waals surface area contributed by atoms with Crippen molar-refractivity contribution in [1.29, 1.82) is 0 Å². The molecule has 0 amide bonds. The minimum atomic E-state index is -2.03. The van der Waals surface area contributed by atoms with Crippen LogP contribution < -0.4 is 0 Å². The molecule has 0 unspecified atom stereocenters. The molecule has 13 N–H and O–H groups in total. The van der Waals surface area contributed by atoms with Crippen LogP contribution in [0.15, 0.2) is 0 Å². The van der Waals surface area contributed by atoms with E-state index in [1.54, 1.807) is 0 Å². The van der Waals surface area contributed by atoms with Gasteiger partial charge in [-0.2, -0.15) is 0 Å². The highest BCUT2D eigenvalue weighted by molar-refractivity contribution is 5.84. The molecular formula is C18H34O17. The quantitative estimate of drug-likeness (QED) is 0.107. The summed E-state index contributed by atoms with van der Waals surface area (Å²) in [5.74, 6) is -2.11. The Morgan fingerprint density at radius 2 is 1.17 bits per heavy atom. The van der Waals surface area contributed by atoms with Crippen molar-refractivity contribution < 1.29 is 85.4 Å². The van der Waals surface area contributed by atoms with Crippen molar-refractivity contribution in [2.24, 2.45) is 0 Å². The highest BCUT2D eigenvalue weighted by Gasteiger charge is 2.44. The number of Topliss-reactive ketones (excluding diaryl/α,β-unsaturated/α-hetero) is 2. The molecule has 1 saturated heterocycles. The van der Waals surface area contributed by atoms with Crippen molar-refractivity contribution in [3.63, 3.8) is 0 Å². The Kier molecular flexibility index (Phi) is 15.9. The summed E-state index contributed by atoms with van der Waals surface area (Å²) in [5, 5.41) is 118. The van der Waals surface area contributed by atoms with Crippen LogP contribution in [0.25, 0.3) is 0 Å². The summed E-state index contributed by atoms with van der Waals surface area (Å²) in [4.78, 5) is 21.5. The summed E-state index contributed by atoms with van der Waals surface area (Å²) in [6.45, 7) is -4.09. The third kappa shape index (κ3) is 9.96. The van der Waals surface area contributed by atoms with Crippen molar-refractivity contribution in [2.75, 3.05) is 33.0 Å². The smallest absolute Gasteiger partial charge is 0.189 e. The molecule has 35 heavy (non-hydrogen) atoms. The van der Waals surface area contributed by atoms with Gasteiger partial charge in [-0.3, -0.25) is 9.59 Å². The van der Waals surface area contributed by atoms with Crippen molar-refractivity contribution in [3.05, 3.63) is 0 Å². The molecule has 1 fully saturated rings. The van der Waals surface area contributed by atoms with E-state index >= 15 is 0 Å². The van der Waals surface area contributed by atoms with Gasteiger partial charge in [-0.1, -0.05) is 0 Å². The number of aliphatic hydroxyl groups excluding tert-OH is 13. The van der Waals surface area contributed by atoms with Crippen LogP contribution in [0.2, 0.25) is 0 Å². The Hall–Kier alpha value is -1.26. The fourth-order valence-corrected chi connectivity index (χ4v) is 2.59. The number of aliphatic hydroxyl groups is 13. The lowest BCUT2D eigenvalue weighted by molar-refractivity contribution is -0.306. The van der Waals surface area contributed by atoms with Crippen LogP contribution in [0.3, 0.4) is 0 Å². The zero-order valence-corrected chi connectivity index (χ0v) is 18.3. The number of ether oxygens (including phenoxy) is 2. The summed E-state index contributed by atoms with van der Waals surface area (Å²) in [7, 11) is 0. The maximum Gasteiger partial charge on any atom is 0.189 e. The zero-order chi connectivity index (χ0) is 27.5. The molecule has 0 bridgehead atoms. The summed E-state index contributed by atoms with van der Waals surface area (Å²) < 4.78 is 9.94. The molecule has 1 heterocycles. The van der Waals surface area contributed by atoms with Gasteiger partial charge in [-0.05, 0) is 0 Å². The molecule has 0 aromatic rings. The third-order valence-corrected chi connectivity index (χ3v) is 4.87. The van der Waals surface area contributed by atoms with Crippen molar-refractivity contribution in [2.45, 2.75) is 67.3 Å². The number of hydrogen-bond acceptors (Lipinski definition) is 17. The Labute approximate surface area is 198 Å². The summed E-state index contributed by atoms with van der Waals surface area (Å²) in [5.41, 5.74) is 0. The van der Waals surface area contributed by atoms with Crippen LogP contribution in [0.1, 0.15) is 0 Å². The molecule has 0 aliphatic carbocycles. The van der Waals surface area contributed by atoms with Crippen molar-refractivity contribution in [3.8, 4) is 0 Å². The molecule has 1 aliphatic heterocycles. The fraction of sp³-hybridized carbons (Fsp3) is 0.889. The van der Waals surface area contributed by atoms with E-state index in [2.05, 4.69) is 0 Å². The Morgan fingerprint density at radius 3 is 1.57 bits per heavy atom. The molecule has 208 valence electrons. The normalized spacial score (nSPS) is 29.7. The molecule has 1 aliphatic rings. The minimum Gasteiger partial charge on any atom is -0.394 e. The van der Waals surface area contributed by atoms with Gasteiger partial charge in [-0.15, -0.1) is 0 Å².